The lowest BCUT2D eigenvalue weighted by Gasteiger charge is -2.40. The molecule has 23 heavy (non-hydrogen) atoms. The van der Waals surface area contributed by atoms with Gasteiger partial charge in [-0.2, -0.15) is 11.3 Å². The molecule has 1 fully saturated rings. The second-order valence-corrected chi connectivity index (χ2v) is 6.65. The SMILES string of the molecule is Cc1nccn1C1(C(=O)O)CCN(C(=O)Cc2ccsc2)CC1. The number of thiophene rings is 1. The van der Waals surface area contributed by atoms with Gasteiger partial charge < -0.3 is 14.6 Å². The van der Waals surface area contributed by atoms with Gasteiger partial charge >= 0.3 is 5.97 Å². The fourth-order valence-electron chi connectivity index (χ4n) is 3.19. The van der Waals surface area contributed by atoms with Gasteiger partial charge in [0.1, 0.15) is 11.4 Å². The van der Waals surface area contributed by atoms with E-state index >= 15 is 0 Å². The zero-order valence-corrected chi connectivity index (χ0v) is 13.8. The molecule has 7 heteroatoms. The normalized spacial score (nSPS) is 17.2. The molecular formula is C16H19N3O3S. The molecule has 6 nitrogen and oxygen atoms in total. The van der Waals surface area contributed by atoms with Crippen LogP contribution in [0.2, 0.25) is 0 Å². The molecule has 1 aliphatic rings. The van der Waals surface area contributed by atoms with Crippen molar-refractivity contribution in [3.63, 3.8) is 0 Å². The van der Waals surface area contributed by atoms with Crippen LogP contribution in [0.25, 0.3) is 0 Å². The number of aliphatic carboxylic acids is 1. The van der Waals surface area contributed by atoms with Crippen molar-refractivity contribution in [1.82, 2.24) is 14.5 Å². The summed E-state index contributed by atoms with van der Waals surface area (Å²) < 4.78 is 1.73. The van der Waals surface area contributed by atoms with Crippen molar-refractivity contribution in [3.05, 3.63) is 40.6 Å². The topological polar surface area (TPSA) is 75.4 Å². The van der Waals surface area contributed by atoms with Gasteiger partial charge in [-0.05, 0) is 42.2 Å². The van der Waals surface area contributed by atoms with E-state index < -0.39 is 11.5 Å². The minimum absolute atomic E-state index is 0.0599. The number of nitrogens with zero attached hydrogens (tertiary/aromatic N) is 3. The van der Waals surface area contributed by atoms with Gasteiger partial charge in [0, 0.05) is 25.5 Å². The van der Waals surface area contributed by atoms with E-state index in [1.54, 1.807) is 40.1 Å². The summed E-state index contributed by atoms with van der Waals surface area (Å²) in [7, 11) is 0. The molecule has 0 saturated carbocycles. The number of carbonyl (C=O) groups is 2. The fraction of sp³-hybridized carbons (Fsp3) is 0.438. The van der Waals surface area contributed by atoms with Gasteiger partial charge in [0.25, 0.3) is 0 Å². The molecule has 0 spiro atoms. The smallest absolute Gasteiger partial charge is 0.330 e. The van der Waals surface area contributed by atoms with Crippen molar-refractivity contribution < 1.29 is 14.7 Å². The monoisotopic (exact) mass is 333 g/mol. The van der Waals surface area contributed by atoms with Gasteiger partial charge in [-0.25, -0.2) is 9.78 Å². The van der Waals surface area contributed by atoms with E-state index in [1.807, 2.05) is 16.8 Å². The van der Waals surface area contributed by atoms with Gasteiger partial charge in [-0.3, -0.25) is 4.79 Å². The van der Waals surface area contributed by atoms with Gasteiger partial charge in [0.15, 0.2) is 0 Å². The number of likely N-dealkylation sites (tertiary alicyclic amines) is 1. The van der Waals surface area contributed by atoms with E-state index in [0.29, 0.717) is 38.2 Å². The van der Waals surface area contributed by atoms with Gasteiger partial charge in [-0.1, -0.05) is 0 Å². The number of piperidine rings is 1. The number of carbonyl (C=O) groups excluding carboxylic acids is 1. The first-order valence-corrected chi connectivity index (χ1v) is 8.50. The van der Waals surface area contributed by atoms with Crippen LogP contribution in [0.15, 0.2) is 29.2 Å². The van der Waals surface area contributed by atoms with Crippen LogP contribution < -0.4 is 0 Å². The van der Waals surface area contributed by atoms with Crippen LogP contribution >= 0.6 is 11.3 Å². The molecular weight excluding hydrogens is 314 g/mol. The fourth-order valence-corrected chi connectivity index (χ4v) is 3.86. The lowest BCUT2D eigenvalue weighted by Crippen LogP contribution is -2.52. The summed E-state index contributed by atoms with van der Waals surface area (Å²) in [5, 5.41) is 13.7. The highest BCUT2D eigenvalue weighted by Gasteiger charge is 2.44. The van der Waals surface area contributed by atoms with Crippen LogP contribution in [-0.2, 0) is 21.5 Å². The van der Waals surface area contributed by atoms with E-state index in [9.17, 15) is 14.7 Å². The van der Waals surface area contributed by atoms with Crippen molar-refractivity contribution in [2.75, 3.05) is 13.1 Å². The molecule has 2 aromatic rings. The Bertz CT molecular complexity index is 700. The number of amides is 1. The molecule has 1 saturated heterocycles. The Hall–Kier alpha value is -2.15. The summed E-state index contributed by atoms with van der Waals surface area (Å²) in [5.41, 5.74) is 0.0141. The first-order valence-electron chi connectivity index (χ1n) is 7.55. The summed E-state index contributed by atoms with van der Waals surface area (Å²) in [5.74, 6) is -0.112. The molecule has 0 aliphatic carbocycles. The Morgan fingerprint density at radius 2 is 2.13 bits per heavy atom. The molecule has 0 radical (unpaired) electrons. The number of aromatic nitrogens is 2. The van der Waals surface area contributed by atoms with Crippen LogP contribution in [0.5, 0.6) is 0 Å². The molecule has 1 N–H and O–H groups in total. The molecule has 0 aromatic carbocycles. The molecule has 3 rings (SSSR count). The highest BCUT2D eigenvalue weighted by molar-refractivity contribution is 7.08. The quantitative estimate of drug-likeness (QED) is 0.927. The summed E-state index contributed by atoms with van der Waals surface area (Å²) >= 11 is 1.57. The number of rotatable bonds is 4. The molecule has 122 valence electrons. The van der Waals surface area contributed by atoms with Crippen molar-refractivity contribution in [2.45, 2.75) is 31.7 Å². The Morgan fingerprint density at radius 1 is 1.39 bits per heavy atom. The summed E-state index contributed by atoms with van der Waals surface area (Å²) in [6, 6.07) is 1.95. The van der Waals surface area contributed by atoms with E-state index in [2.05, 4.69) is 4.98 Å². The second-order valence-electron chi connectivity index (χ2n) is 5.87. The second kappa shape index (κ2) is 6.16. The summed E-state index contributed by atoms with van der Waals surface area (Å²) in [6.07, 6.45) is 4.51. The number of carboxylic acid groups (broad SMARTS) is 1. The van der Waals surface area contributed by atoms with Crippen LogP contribution in [-0.4, -0.2) is 44.5 Å². The van der Waals surface area contributed by atoms with Crippen molar-refractivity contribution in [2.24, 2.45) is 0 Å². The Balaban J connectivity index is 1.72. The molecule has 0 atom stereocenters. The zero-order chi connectivity index (χ0) is 16.4. The molecule has 1 aliphatic heterocycles. The summed E-state index contributed by atoms with van der Waals surface area (Å²) in [6.45, 7) is 2.71. The number of aryl methyl sites for hydroxylation is 1. The average Bonchev–Trinajstić information content (AvgIpc) is 3.19. The Morgan fingerprint density at radius 3 is 2.65 bits per heavy atom. The highest BCUT2D eigenvalue weighted by atomic mass is 32.1. The van der Waals surface area contributed by atoms with Crippen molar-refractivity contribution in [3.8, 4) is 0 Å². The van der Waals surface area contributed by atoms with Crippen LogP contribution in [0.1, 0.15) is 24.2 Å². The number of carboxylic acids is 1. The third-order valence-electron chi connectivity index (χ3n) is 4.56. The largest absolute Gasteiger partial charge is 0.479 e. The van der Waals surface area contributed by atoms with E-state index in [4.69, 9.17) is 0 Å². The molecule has 3 heterocycles. The Labute approximate surface area is 138 Å². The van der Waals surface area contributed by atoms with Crippen molar-refractivity contribution in [1.29, 1.82) is 0 Å². The predicted octanol–water partition coefficient (Wildman–Crippen LogP) is 1.90. The lowest BCUT2D eigenvalue weighted by atomic mass is 9.86. The van der Waals surface area contributed by atoms with Gasteiger partial charge in [0.05, 0.1) is 6.42 Å². The van der Waals surface area contributed by atoms with E-state index in [1.165, 1.54) is 0 Å². The third kappa shape index (κ3) is 2.88. The third-order valence-corrected chi connectivity index (χ3v) is 5.30. The minimum Gasteiger partial charge on any atom is -0.479 e. The van der Waals surface area contributed by atoms with E-state index in [-0.39, 0.29) is 5.91 Å². The van der Waals surface area contributed by atoms with Crippen molar-refractivity contribution >= 4 is 23.2 Å². The molecule has 2 aromatic heterocycles. The molecule has 0 unspecified atom stereocenters. The van der Waals surface area contributed by atoms with Gasteiger partial charge in [-0.15, -0.1) is 0 Å². The first-order chi connectivity index (χ1) is 11.0. The lowest BCUT2D eigenvalue weighted by molar-refractivity contribution is -0.152. The predicted molar refractivity (Wildman–Crippen MR) is 86.4 cm³/mol. The standard InChI is InChI=1S/C16H19N3O3S/c1-12-17-5-8-19(12)16(15(21)22)3-6-18(7-4-16)14(20)10-13-2-9-23-11-13/h2,5,8-9,11H,3-4,6-7,10H2,1H3,(H,21,22). The number of hydrogen-bond acceptors (Lipinski definition) is 4. The first kappa shape index (κ1) is 15.7. The minimum atomic E-state index is -1.00. The maximum absolute atomic E-state index is 12.4. The Kier molecular flexibility index (Phi) is 4.21. The average molecular weight is 333 g/mol. The summed E-state index contributed by atoms with van der Waals surface area (Å²) in [4.78, 5) is 30.2. The van der Waals surface area contributed by atoms with Crippen LogP contribution in [0.4, 0.5) is 0 Å². The zero-order valence-electron chi connectivity index (χ0n) is 12.9. The number of hydrogen-bond donors (Lipinski definition) is 1. The van der Waals surface area contributed by atoms with Crippen LogP contribution in [0, 0.1) is 6.92 Å². The van der Waals surface area contributed by atoms with E-state index in [0.717, 1.165) is 5.56 Å². The molecule has 1 amide bonds. The molecule has 0 bridgehead atoms. The maximum Gasteiger partial charge on any atom is 0.330 e. The highest BCUT2D eigenvalue weighted by Crippen LogP contribution is 2.32. The maximum atomic E-state index is 12.4. The van der Waals surface area contributed by atoms with Gasteiger partial charge in [0.2, 0.25) is 5.91 Å². The number of imidazole rings is 1. The van der Waals surface area contributed by atoms with Crippen LogP contribution in [0.3, 0.4) is 0 Å².